The third-order valence-corrected chi connectivity index (χ3v) is 4.77. The lowest BCUT2D eigenvalue weighted by molar-refractivity contribution is 0.00578. The highest BCUT2D eigenvalue weighted by Gasteiger charge is 2.52. The van der Waals surface area contributed by atoms with E-state index in [0.29, 0.717) is 6.61 Å². The van der Waals surface area contributed by atoms with Crippen molar-refractivity contribution in [1.82, 2.24) is 0 Å². The Labute approximate surface area is 140 Å². The molecule has 0 saturated carbocycles. The highest BCUT2D eigenvalue weighted by molar-refractivity contribution is 6.62. The van der Waals surface area contributed by atoms with Crippen LogP contribution in [0.4, 0.5) is 0 Å². The molecular weight excluding hydrogens is 291 g/mol. The maximum absolute atomic E-state index is 6.15. The lowest BCUT2D eigenvalue weighted by Crippen LogP contribution is -2.41. The fourth-order valence-corrected chi connectivity index (χ4v) is 2.47. The SMILES string of the molecule is COCCCCOc1ccc(C)c(B2OC(C)(C)C(C)(C)O2)c1. The Balaban J connectivity index is 2.04. The van der Waals surface area contributed by atoms with E-state index in [1.54, 1.807) is 7.11 Å². The Morgan fingerprint density at radius 2 is 1.61 bits per heavy atom. The van der Waals surface area contributed by atoms with E-state index in [0.717, 1.165) is 36.2 Å². The molecular formula is C18H29BO4. The summed E-state index contributed by atoms with van der Waals surface area (Å²) in [6.07, 6.45) is 1.99. The average molecular weight is 320 g/mol. The summed E-state index contributed by atoms with van der Waals surface area (Å²) in [6.45, 7) is 11.8. The van der Waals surface area contributed by atoms with Crippen LogP contribution in [-0.2, 0) is 14.0 Å². The molecule has 0 unspecified atom stereocenters. The van der Waals surface area contributed by atoms with Gasteiger partial charge in [-0.2, -0.15) is 0 Å². The van der Waals surface area contributed by atoms with Gasteiger partial charge in [0.1, 0.15) is 5.75 Å². The second-order valence-corrected chi connectivity index (χ2v) is 7.16. The highest BCUT2D eigenvalue weighted by Crippen LogP contribution is 2.36. The van der Waals surface area contributed by atoms with Gasteiger partial charge in [0.15, 0.2) is 0 Å². The van der Waals surface area contributed by atoms with Crippen molar-refractivity contribution < 1.29 is 18.8 Å². The van der Waals surface area contributed by atoms with Crippen LogP contribution >= 0.6 is 0 Å². The van der Waals surface area contributed by atoms with E-state index in [4.69, 9.17) is 18.8 Å². The number of ether oxygens (including phenoxy) is 2. The van der Waals surface area contributed by atoms with Gasteiger partial charge in [-0.05, 0) is 65.1 Å². The second kappa shape index (κ2) is 7.24. The van der Waals surface area contributed by atoms with Crippen molar-refractivity contribution >= 4 is 12.6 Å². The minimum atomic E-state index is -0.350. The number of rotatable bonds is 7. The lowest BCUT2D eigenvalue weighted by atomic mass is 9.76. The van der Waals surface area contributed by atoms with Crippen molar-refractivity contribution in [2.24, 2.45) is 0 Å². The fourth-order valence-electron chi connectivity index (χ4n) is 2.47. The Bertz CT molecular complexity index is 512. The highest BCUT2D eigenvalue weighted by atomic mass is 16.7. The lowest BCUT2D eigenvalue weighted by Gasteiger charge is -2.32. The Morgan fingerprint density at radius 3 is 2.22 bits per heavy atom. The smallest absolute Gasteiger partial charge is 0.494 e. The summed E-state index contributed by atoms with van der Waals surface area (Å²) in [5.74, 6) is 0.859. The topological polar surface area (TPSA) is 36.9 Å². The number of benzene rings is 1. The number of hydrogen-bond donors (Lipinski definition) is 0. The van der Waals surface area contributed by atoms with Crippen LogP contribution in [0.15, 0.2) is 18.2 Å². The summed E-state index contributed by atoms with van der Waals surface area (Å²) in [5, 5.41) is 0. The molecule has 1 aliphatic heterocycles. The Hall–Kier alpha value is -1.04. The van der Waals surface area contributed by atoms with E-state index >= 15 is 0 Å². The summed E-state index contributed by atoms with van der Waals surface area (Å²) in [7, 11) is 1.37. The summed E-state index contributed by atoms with van der Waals surface area (Å²) in [4.78, 5) is 0. The quantitative estimate of drug-likeness (QED) is 0.571. The van der Waals surface area contributed by atoms with Gasteiger partial charge in [-0.15, -0.1) is 0 Å². The van der Waals surface area contributed by atoms with E-state index < -0.39 is 0 Å². The van der Waals surface area contributed by atoms with E-state index in [1.165, 1.54) is 0 Å². The molecule has 128 valence electrons. The molecule has 1 aromatic rings. The Kier molecular flexibility index (Phi) is 5.77. The molecule has 1 aliphatic rings. The molecule has 0 radical (unpaired) electrons. The van der Waals surface area contributed by atoms with E-state index in [9.17, 15) is 0 Å². The van der Waals surface area contributed by atoms with Crippen LogP contribution in [0.25, 0.3) is 0 Å². The molecule has 0 amide bonds. The van der Waals surface area contributed by atoms with E-state index in [-0.39, 0.29) is 18.3 Å². The predicted octanol–water partition coefficient (Wildman–Crippen LogP) is 3.10. The summed E-state index contributed by atoms with van der Waals surface area (Å²) in [5.41, 5.74) is 1.52. The van der Waals surface area contributed by atoms with Crippen molar-refractivity contribution in [3.63, 3.8) is 0 Å². The molecule has 0 bridgehead atoms. The third kappa shape index (κ3) is 4.28. The van der Waals surface area contributed by atoms with Crippen LogP contribution in [0.1, 0.15) is 46.1 Å². The molecule has 1 aromatic carbocycles. The van der Waals surface area contributed by atoms with Gasteiger partial charge in [0.2, 0.25) is 0 Å². The largest absolute Gasteiger partial charge is 0.495 e. The van der Waals surface area contributed by atoms with Crippen molar-refractivity contribution in [3.8, 4) is 5.75 Å². The van der Waals surface area contributed by atoms with Crippen LogP contribution in [-0.4, -0.2) is 38.6 Å². The second-order valence-electron chi connectivity index (χ2n) is 7.16. The summed E-state index contributed by atoms with van der Waals surface area (Å²) in [6, 6.07) is 6.10. The molecule has 4 nitrogen and oxygen atoms in total. The zero-order valence-electron chi connectivity index (χ0n) is 15.3. The molecule has 1 fully saturated rings. The van der Waals surface area contributed by atoms with Gasteiger partial charge in [-0.1, -0.05) is 11.6 Å². The van der Waals surface area contributed by atoms with Gasteiger partial charge in [0.25, 0.3) is 0 Å². The molecule has 0 atom stereocenters. The van der Waals surface area contributed by atoms with Crippen LogP contribution in [0.2, 0.25) is 0 Å². The van der Waals surface area contributed by atoms with Crippen LogP contribution in [0, 0.1) is 6.92 Å². The minimum absolute atomic E-state index is 0.332. The van der Waals surface area contributed by atoms with Gasteiger partial charge >= 0.3 is 7.12 Å². The van der Waals surface area contributed by atoms with Crippen molar-refractivity contribution in [2.75, 3.05) is 20.3 Å². The average Bonchev–Trinajstić information content (AvgIpc) is 2.68. The molecule has 23 heavy (non-hydrogen) atoms. The van der Waals surface area contributed by atoms with Crippen molar-refractivity contribution in [2.45, 2.75) is 58.7 Å². The van der Waals surface area contributed by atoms with Gasteiger partial charge < -0.3 is 18.8 Å². The van der Waals surface area contributed by atoms with Crippen LogP contribution in [0.5, 0.6) is 5.75 Å². The standard InChI is InChI=1S/C18H29BO4/c1-14-9-10-15(21-12-8-7-11-20-6)13-16(14)19-22-17(2,3)18(4,5)23-19/h9-10,13H,7-8,11-12H2,1-6H3. The zero-order chi connectivity index (χ0) is 17.1. The fraction of sp³-hybridized carbons (Fsp3) is 0.667. The van der Waals surface area contributed by atoms with E-state index in [1.807, 2.05) is 12.1 Å². The molecule has 0 N–H and O–H groups in total. The first-order valence-electron chi connectivity index (χ1n) is 8.35. The molecule has 1 saturated heterocycles. The molecule has 2 rings (SSSR count). The third-order valence-electron chi connectivity index (χ3n) is 4.77. The number of methoxy groups -OCH3 is 1. The normalized spacial score (nSPS) is 19.1. The molecule has 0 aromatic heterocycles. The minimum Gasteiger partial charge on any atom is -0.494 e. The first kappa shape index (κ1) is 18.3. The Morgan fingerprint density at radius 1 is 1.00 bits per heavy atom. The first-order chi connectivity index (χ1) is 10.8. The maximum Gasteiger partial charge on any atom is 0.495 e. The maximum atomic E-state index is 6.15. The molecule has 5 heteroatoms. The van der Waals surface area contributed by atoms with E-state index in [2.05, 4.69) is 40.7 Å². The van der Waals surface area contributed by atoms with Crippen molar-refractivity contribution in [3.05, 3.63) is 23.8 Å². The molecule has 1 heterocycles. The number of hydrogen-bond acceptors (Lipinski definition) is 4. The van der Waals surface area contributed by atoms with Crippen LogP contribution in [0.3, 0.4) is 0 Å². The van der Waals surface area contributed by atoms with Gasteiger partial charge in [-0.25, -0.2) is 0 Å². The monoisotopic (exact) mass is 320 g/mol. The summed E-state index contributed by atoms with van der Waals surface area (Å²) < 4.78 is 23.2. The number of aryl methyl sites for hydroxylation is 1. The van der Waals surface area contributed by atoms with Gasteiger partial charge in [0.05, 0.1) is 17.8 Å². The van der Waals surface area contributed by atoms with Crippen molar-refractivity contribution in [1.29, 1.82) is 0 Å². The molecule has 0 aliphatic carbocycles. The zero-order valence-corrected chi connectivity index (χ0v) is 15.3. The van der Waals surface area contributed by atoms with Crippen LogP contribution < -0.4 is 10.2 Å². The first-order valence-corrected chi connectivity index (χ1v) is 8.35. The summed E-state index contributed by atoms with van der Waals surface area (Å²) >= 11 is 0. The molecule has 0 spiro atoms. The predicted molar refractivity (Wildman–Crippen MR) is 93.5 cm³/mol. The van der Waals surface area contributed by atoms with Gasteiger partial charge in [-0.3, -0.25) is 0 Å². The van der Waals surface area contributed by atoms with Gasteiger partial charge in [0, 0.05) is 13.7 Å². The number of unbranched alkanes of at least 4 members (excludes halogenated alkanes) is 1.